The number of anilines is 1. The van der Waals surface area contributed by atoms with Crippen molar-refractivity contribution in [2.45, 2.75) is 6.54 Å². The number of nitro groups is 1. The van der Waals surface area contributed by atoms with E-state index in [0.29, 0.717) is 16.8 Å². The molecule has 0 aromatic heterocycles. The first kappa shape index (κ1) is 14.5. The van der Waals surface area contributed by atoms with Gasteiger partial charge in [0.15, 0.2) is 0 Å². The zero-order valence-electron chi connectivity index (χ0n) is 11.4. The number of nitro benzene ring substituents is 1. The molecular formula is C15H14N2O4. The molecule has 0 saturated heterocycles. The van der Waals surface area contributed by atoms with Crippen LogP contribution in [-0.4, -0.2) is 18.0 Å². The van der Waals surface area contributed by atoms with Gasteiger partial charge in [-0.2, -0.15) is 0 Å². The Balaban J connectivity index is 2.21. The number of rotatable bonds is 5. The number of hydrogen-bond acceptors (Lipinski definition) is 5. The molecule has 0 aliphatic carbocycles. The molecule has 2 aromatic carbocycles. The van der Waals surface area contributed by atoms with Crippen molar-refractivity contribution in [1.82, 2.24) is 0 Å². The summed E-state index contributed by atoms with van der Waals surface area (Å²) in [7, 11) is 1.31. The van der Waals surface area contributed by atoms with E-state index in [2.05, 4.69) is 5.32 Å². The Morgan fingerprint density at radius 3 is 2.57 bits per heavy atom. The molecular weight excluding hydrogens is 272 g/mol. The third-order valence-electron chi connectivity index (χ3n) is 2.99. The van der Waals surface area contributed by atoms with Crippen molar-refractivity contribution in [2.24, 2.45) is 0 Å². The van der Waals surface area contributed by atoms with Crippen LogP contribution in [0, 0.1) is 10.1 Å². The van der Waals surface area contributed by atoms with Gasteiger partial charge in [-0.1, -0.05) is 30.3 Å². The minimum atomic E-state index is -0.458. The number of esters is 1. The van der Waals surface area contributed by atoms with Gasteiger partial charge in [0, 0.05) is 23.9 Å². The predicted molar refractivity (Wildman–Crippen MR) is 78.2 cm³/mol. The Morgan fingerprint density at radius 1 is 1.19 bits per heavy atom. The normalized spacial score (nSPS) is 9.95. The van der Waals surface area contributed by atoms with Crippen molar-refractivity contribution in [2.75, 3.05) is 12.4 Å². The van der Waals surface area contributed by atoms with E-state index in [1.165, 1.54) is 13.2 Å². The van der Waals surface area contributed by atoms with E-state index in [4.69, 9.17) is 4.74 Å². The molecule has 108 valence electrons. The largest absolute Gasteiger partial charge is 0.465 e. The molecule has 6 nitrogen and oxygen atoms in total. The third-order valence-corrected chi connectivity index (χ3v) is 2.99. The van der Waals surface area contributed by atoms with Crippen LogP contribution < -0.4 is 5.32 Å². The molecule has 2 aromatic rings. The molecule has 0 radical (unpaired) electrons. The molecule has 0 bridgehead atoms. The SMILES string of the molecule is COC(=O)c1ccccc1NCc1ccccc1[N+](=O)[O-]. The van der Waals surface area contributed by atoms with E-state index in [0.717, 1.165) is 0 Å². The Labute approximate surface area is 121 Å². The van der Waals surface area contributed by atoms with Crippen molar-refractivity contribution >= 4 is 17.3 Å². The van der Waals surface area contributed by atoms with Crippen LogP contribution in [0.4, 0.5) is 11.4 Å². The van der Waals surface area contributed by atoms with Crippen LogP contribution in [0.5, 0.6) is 0 Å². The predicted octanol–water partition coefficient (Wildman–Crippen LogP) is 2.99. The lowest BCUT2D eigenvalue weighted by Gasteiger charge is -2.10. The number of ether oxygens (including phenoxy) is 1. The lowest BCUT2D eigenvalue weighted by Crippen LogP contribution is -2.09. The first-order chi connectivity index (χ1) is 10.1. The highest BCUT2D eigenvalue weighted by molar-refractivity contribution is 5.95. The molecule has 0 heterocycles. The molecule has 0 aliphatic rings. The van der Waals surface area contributed by atoms with E-state index in [1.807, 2.05) is 0 Å². The maximum atomic E-state index is 11.7. The lowest BCUT2D eigenvalue weighted by atomic mass is 10.1. The molecule has 1 N–H and O–H groups in total. The number of nitrogens with zero attached hydrogens (tertiary/aromatic N) is 1. The average molecular weight is 286 g/mol. The van der Waals surface area contributed by atoms with Gasteiger partial charge in [0.2, 0.25) is 0 Å². The second-order valence-corrected chi connectivity index (χ2v) is 4.28. The van der Waals surface area contributed by atoms with Crippen LogP contribution in [0.15, 0.2) is 48.5 Å². The highest BCUT2D eigenvalue weighted by Crippen LogP contribution is 2.21. The molecule has 0 saturated carbocycles. The van der Waals surface area contributed by atoms with Gasteiger partial charge in [0.1, 0.15) is 0 Å². The van der Waals surface area contributed by atoms with Gasteiger partial charge in [0.05, 0.1) is 17.6 Å². The Bertz CT molecular complexity index is 670. The van der Waals surface area contributed by atoms with Crippen molar-refractivity contribution in [1.29, 1.82) is 0 Å². The van der Waals surface area contributed by atoms with Crippen LogP contribution in [0.1, 0.15) is 15.9 Å². The number of para-hydroxylation sites is 2. The van der Waals surface area contributed by atoms with Crippen LogP contribution in [0.25, 0.3) is 0 Å². The smallest absolute Gasteiger partial charge is 0.339 e. The van der Waals surface area contributed by atoms with Crippen LogP contribution in [0.3, 0.4) is 0 Å². The van der Waals surface area contributed by atoms with E-state index in [1.54, 1.807) is 42.5 Å². The van der Waals surface area contributed by atoms with Gasteiger partial charge in [-0.3, -0.25) is 10.1 Å². The monoisotopic (exact) mass is 286 g/mol. The fraction of sp³-hybridized carbons (Fsp3) is 0.133. The van der Waals surface area contributed by atoms with E-state index < -0.39 is 10.9 Å². The lowest BCUT2D eigenvalue weighted by molar-refractivity contribution is -0.385. The summed E-state index contributed by atoms with van der Waals surface area (Å²) < 4.78 is 4.70. The van der Waals surface area contributed by atoms with Crippen molar-refractivity contribution < 1.29 is 14.5 Å². The highest BCUT2D eigenvalue weighted by atomic mass is 16.6. The maximum Gasteiger partial charge on any atom is 0.339 e. The highest BCUT2D eigenvalue weighted by Gasteiger charge is 2.14. The summed E-state index contributed by atoms with van der Waals surface area (Å²) in [6.45, 7) is 0.241. The molecule has 21 heavy (non-hydrogen) atoms. The van der Waals surface area contributed by atoms with Crippen molar-refractivity contribution in [3.05, 3.63) is 69.8 Å². The minimum Gasteiger partial charge on any atom is -0.465 e. The summed E-state index contributed by atoms with van der Waals surface area (Å²) in [5.74, 6) is -0.458. The van der Waals surface area contributed by atoms with Crippen LogP contribution >= 0.6 is 0 Å². The number of benzene rings is 2. The zero-order chi connectivity index (χ0) is 15.2. The fourth-order valence-electron chi connectivity index (χ4n) is 1.95. The van der Waals surface area contributed by atoms with Gasteiger partial charge in [-0.15, -0.1) is 0 Å². The molecule has 0 fully saturated rings. The Morgan fingerprint density at radius 2 is 1.86 bits per heavy atom. The maximum absolute atomic E-state index is 11.7. The summed E-state index contributed by atoms with van der Waals surface area (Å²) in [6, 6.07) is 13.3. The number of carbonyl (C=O) groups excluding carboxylic acids is 1. The number of methoxy groups -OCH3 is 1. The minimum absolute atomic E-state index is 0.0422. The first-order valence-corrected chi connectivity index (χ1v) is 6.27. The number of carbonyl (C=O) groups is 1. The molecule has 0 aliphatic heterocycles. The number of hydrogen-bond donors (Lipinski definition) is 1. The summed E-state index contributed by atoms with van der Waals surface area (Å²) in [6.07, 6.45) is 0. The second kappa shape index (κ2) is 6.51. The van der Waals surface area contributed by atoms with Gasteiger partial charge in [0.25, 0.3) is 5.69 Å². The first-order valence-electron chi connectivity index (χ1n) is 6.27. The molecule has 0 atom stereocenters. The van der Waals surface area contributed by atoms with Crippen LogP contribution in [0.2, 0.25) is 0 Å². The average Bonchev–Trinajstić information content (AvgIpc) is 2.52. The quantitative estimate of drug-likeness (QED) is 0.519. The zero-order valence-corrected chi connectivity index (χ0v) is 11.4. The molecule has 0 amide bonds. The van der Waals surface area contributed by atoms with Gasteiger partial charge >= 0.3 is 5.97 Å². The molecule has 0 spiro atoms. The van der Waals surface area contributed by atoms with E-state index in [9.17, 15) is 14.9 Å². The summed E-state index contributed by atoms with van der Waals surface area (Å²) >= 11 is 0. The summed E-state index contributed by atoms with van der Waals surface area (Å²) in [5.41, 5.74) is 1.55. The molecule has 0 unspecified atom stereocenters. The number of nitrogens with one attached hydrogen (secondary N) is 1. The van der Waals surface area contributed by atoms with Crippen molar-refractivity contribution in [3.8, 4) is 0 Å². The Kier molecular flexibility index (Phi) is 4.50. The summed E-state index contributed by atoms with van der Waals surface area (Å²) in [4.78, 5) is 22.2. The Hall–Kier alpha value is -2.89. The van der Waals surface area contributed by atoms with Crippen LogP contribution in [-0.2, 0) is 11.3 Å². The molecule has 6 heteroatoms. The van der Waals surface area contributed by atoms with Gasteiger partial charge in [-0.25, -0.2) is 4.79 Å². The standard InChI is InChI=1S/C15H14N2O4/c1-21-15(18)12-7-3-4-8-13(12)16-10-11-6-2-5-9-14(11)17(19)20/h2-9,16H,10H2,1H3. The van der Waals surface area contributed by atoms with E-state index in [-0.39, 0.29) is 12.2 Å². The summed E-state index contributed by atoms with van der Waals surface area (Å²) in [5, 5.41) is 14.0. The molecule has 2 rings (SSSR count). The van der Waals surface area contributed by atoms with Gasteiger partial charge < -0.3 is 10.1 Å². The third kappa shape index (κ3) is 3.36. The second-order valence-electron chi connectivity index (χ2n) is 4.28. The van der Waals surface area contributed by atoms with Crippen molar-refractivity contribution in [3.63, 3.8) is 0 Å². The van der Waals surface area contributed by atoms with E-state index >= 15 is 0 Å². The van der Waals surface area contributed by atoms with Gasteiger partial charge in [-0.05, 0) is 12.1 Å². The fourth-order valence-corrected chi connectivity index (χ4v) is 1.95. The topological polar surface area (TPSA) is 81.5 Å².